The lowest BCUT2D eigenvalue weighted by molar-refractivity contribution is -0.118. The third kappa shape index (κ3) is 4.81. The molecule has 1 fully saturated rings. The van der Waals surface area contributed by atoms with Crippen molar-refractivity contribution in [2.75, 3.05) is 24.5 Å². The first kappa shape index (κ1) is 14.8. The van der Waals surface area contributed by atoms with Gasteiger partial charge in [-0.1, -0.05) is 0 Å². The van der Waals surface area contributed by atoms with E-state index in [0.29, 0.717) is 12.5 Å². The van der Waals surface area contributed by atoms with Crippen molar-refractivity contribution in [3.63, 3.8) is 0 Å². The van der Waals surface area contributed by atoms with Crippen LogP contribution in [0.4, 0.5) is 5.69 Å². The molecule has 1 aliphatic heterocycles. The Morgan fingerprint density at radius 2 is 2.00 bits per heavy atom. The minimum absolute atomic E-state index is 0.198. The van der Waals surface area contributed by atoms with Crippen molar-refractivity contribution in [1.82, 2.24) is 10.3 Å². The maximum atomic E-state index is 10.6. The van der Waals surface area contributed by atoms with Gasteiger partial charge in [-0.15, -0.1) is 0 Å². The second kappa shape index (κ2) is 7.85. The van der Waals surface area contributed by atoms with Crippen LogP contribution in [0.1, 0.15) is 32.1 Å². The summed E-state index contributed by atoms with van der Waals surface area (Å²) >= 11 is 0. The molecule has 1 saturated heterocycles. The average molecular weight is 276 g/mol. The molecule has 1 aromatic heterocycles. The van der Waals surface area contributed by atoms with Crippen LogP contribution in [-0.4, -0.2) is 36.6 Å². The highest BCUT2D eigenvalue weighted by molar-refractivity contribution is 5.73. The highest BCUT2D eigenvalue weighted by atomic mass is 16.1. The monoisotopic (exact) mass is 276 g/mol. The molecule has 0 aliphatic carbocycles. The second-order valence-electron chi connectivity index (χ2n) is 5.34. The van der Waals surface area contributed by atoms with Crippen LogP contribution in [0.2, 0.25) is 0 Å². The predicted molar refractivity (Wildman–Crippen MR) is 80.5 cm³/mol. The van der Waals surface area contributed by atoms with E-state index in [-0.39, 0.29) is 5.91 Å². The number of nitrogens with one attached hydrogen (secondary N) is 1. The molecule has 5 heteroatoms. The molecule has 1 amide bonds. The van der Waals surface area contributed by atoms with Crippen molar-refractivity contribution in [2.24, 2.45) is 5.73 Å². The molecular weight excluding hydrogens is 252 g/mol. The Hall–Kier alpha value is -1.62. The lowest BCUT2D eigenvalue weighted by Gasteiger charge is -2.34. The van der Waals surface area contributed by atoms with Gasteiger partial charge < -0.3 is 16.0 Å². The quantitative estimate of drug-likeness (QED) is 0.736. The summed E-state index contributed by atoms with van der Waals surface area (Å²) in [5, 5.41) is 3.58. The summed E-state index contributed by atoms with van der Waals surface area (Å²) in [6.45, 7) is 3.15. The third-order valence-electron chi connectivity index (χ3n) is 3.81. The molecular formula is C15H24N4O. The van der Waals surface area contributed by atoms with Gasteiger partial charge >= 0.3 is 0 Å². The van der Waals surface area contributed by atoms with E-state index in [9.17, 15) is 4.79 Å². The molecule has 0 saturated carbocycles. The number of anilines is 1. The molecule has 0 radical (unpaired) electrons. The smallest absolute Gasteiger partial charge is 0.217 e. The Balaban J connectivity index is 1.61. The van der Waals surface area contributed by atoms with E-state index in [1.807, 2.05) is 12.4 Å². The fourth-order valence-electron chi connectivity index (χ4n) is 2.63. The molecule has 1 aliphatic rings. The van der Waals surface area contributed by atoms with Gasteiger partial charge in [0, 0.05) is 43.6 Å². The van der Waals surface area contributed by atoms with Crippen LogP contribution in [-0.2, 0) is 4.79 Å². The Labute approximate surface area is 120 Å². The lowest BCUT2D eigenvalue weighted by Crippen LogP contribution is -2.42. The number of carbonyl (C=O) groups excluding carboxylic acids is 1. The number of carbonyl (C=O) groups is 1. The predicted octanol–water partition coefficient (Wildman–Crippen LogP) is 1.30. The van der Waals surface area contributed by atoms with Gasteiger partial charge in [0.1, 0.15) is 0 Å². The molecule has 0 atom stereocenters. The van der Waals surface area contributed by atoms with Crippen molar-refractivity contribution in [3.05, 3.63) is 24.5 Å². The van der Waals surface area contributed by atoms with Gasteiger partial charge in [0.15, 0.2) is 0 Å². The summed E-state index contributed by atoms with van der Waals surface area (Å²) in [5.74, 6) is -0.198. The summed E-state index contributed by atoms with van der Waals surface area (Å²) in [7, 11) is 0. The Kier molecular flexibility index (Phi) is 5.80. The first-order chi connectivity index (χ1) is 9.75. The van der Waals surface area contributed by atoms with E-state index in [0.717, 1.165) is 45.3 Å². The zero-order valence-corrected chi connectivity index (χ0v) is 11.9. The Morgan fingerprint density at radius 1 is 1.30 bits per heavy atom. The van der Waals surface area contributed by atoms with Gasteiger partial charge in [0.05, 0.1) is 0 Å². The summed E-state index contributed by atoms with van der Waals surface area (Å²) < 4.78 is 0. The number of nitrogens with two attached hydrogens (primary N) is 1. The van der Waals surface area contributed by atoms with Crippen LogP contribution >= 0.6 is 0 Å². The summed E-state index contributed by atoms with van der Waals surface area (Å²) in [5.41, 5.74) is 6.38. The molecule has 0 unspecified atom stereocenters. The molecule has 0 aromatic carbocycles. The van der Waals surface area contributed by atoms with Crippen molar-refractivity contribution in [3.8, 4) is 0 Å². The normalized spacial score (nSPS) is 16.3. The standard InChI is InChI=1S/C15H24N4O/c16-15(20)3-1-2-8-18-13-6-11-19(12-7-13)14-4-9-17-10-5-14/h4-5,9-10,13,18H,1-3,6-8,11-12H2,(H2,16,20). The number of unbranched alkanes of at least 4 members (excludes halogenated alkanes) is 1. The maximum absolute atomic E-state index is 10.6. The van der Waals surface area contributed by atoms with Crippen LogP contribution in [0.5, 0.6) is 0 Å². The lowest BCUT2D eigenvalue weighted by atomic mass is 10.0. The van der Waals surface area contributed by atoms with E-state index >= 15 is 0 Å². The molecule has 2 rings (SSSR count). The number of rotatable bonds is 7. The van der Waals surface area contributed by atoms with Crippen LogP contribution < -0.4 is 16.0 Å². The highest BCUT2D eigenvalue weighted by Crippen LogP contribution is 2.18. The fourth-order valence-corrected chi connectivity index (χ4v) is 2.63. The molecule has 1 aromatic rings. The molecule has 3 N–H and O–H groups in total. The van der Waals surface area contributed by atoms with E-state index in [1.165, 1.54) is 5.69 Å². The molecule has 5 nitrogen and oxygen atoms in total. The van der Waals surface area contributed by atoms with Gasteiger partial charge in [0.25, 0.3) is 0 Å². The Morgan fingerprint density at radius 3 is 2.65 bits per heavy atom. The summed E-state index contributed by atoms with van der Waals surface area (Å²) in [6.07, 6.45) is 8.43. The van der Waals surface area contributed by atoms with Gasteiger partial charge in [0.2, 0.25) is 5.91 Å². The number of nitrogens with zero attached hydrogens (tertiary/aromatic N) is 2. The number of pyridine rings is 1. The number of aromatic nitrogens is 1. The topological polar surface area (TPSA) is 71.2 Å². The van der Waals surface area contributed by atoms with Crippen molar-refractivity contribution < 1.29 is 4.79 Å². The highest BCUT2D eigenvalue weighted by Gasteiger charge is 2.18. The van der Waals surface area contributed by atoms with E-state index in [4.69, 9.17) is 5.73 Å². The van der Waals surface area contributed by atoms with Crippen molar-refractivity contribution >= 4 is 11.6 Å². The van der Waals surface area contributed by atoms with E-state index < -0.39 is 0 Å². The Bertz CT molecular complexity index is 402. The number of hydrogen-bond donors (Lipinski definition) is 2. The molecule has 0 bridgehead atoms. The third-order valence-corrected chi connectivity index (χ3v) is 3.81. The van der Waals surface area contributed by atoms with Crippen molar-refractivity contribution in [1.29, 1.82) is 0 Å². The van der Waals surface area contributed by atoms with Gasteiger partial charge in [-0.05, 0) is 44.4 Å². The number of piperidine rings is 1. The fraction of sp³-hybridized carbons (Fsp3) is 0.600. The maximum Gasteiger partial charge on any atom is 0.217 e. The van der Waals surface area contributed by atoms with Gasteiger partial charge in [-0.3, -0.25) is 9.78 Å². The zero-order chi connectivity index (χ0) is 14.2. The largest absolute Gasteiger partial charge is 0.371 e. The molecule has 20 heavy (non-hydrogen) atoms. The van der Waals surface area contributed by atoms with Crippen molar-refractivity contribution in [2.45, 2.75) is 38.1 Å². The van der Waals surface area contributed by atoms with Crippen LogP contribution in [0.25, 0.3) is 0 Å². The average Bonchev–Trinajstić information content (AvgIpc) is 2.48. The van der Waals surface area contributed by atoms with Crippen LogP contribution in [0, 0.1) is 0 Å². The first-order valence-electron chi connectivity index (χ1n) is 7.42. The SMILES string of the molecule is NC(=O)CCCCNC1CCN(c2ccncc2)CC1. The first-order valence-corrected chi connectivity index (χ1v) is 7.42. The second-order valence-corrected chi connectivity index (χ2v) is 5.34. The van der Waals surface area contributed by atoms with E-state index in [2.05, 4.69) is 27.3 Å². The summed E-state index contributed by atoms with van der Waals surface area (Å²) in [6, 6.07) is 4.73. The van der Waals surface area contributed by atoms with Gasteiger partial charge in [-0.2, -0.15) is 0 Å². The van der Waals surface area contributed by atoms with E-state index in [1.54, 1.807) is 0 Å². The zero-order valence-electron chi connectivity index (χ0n) is 11.9. The minimum atomic E-state index is -0.198. The number of primary amides is 1. The molecule has 110 valence electrons. The molecule has 2 heterocycles. The number of amides is 1. The van der Waals surface area contributed by atoms with Crippen LogP contribution in [0.15, 0.2) is 24.5 Å². The minimum Gasteiger partial charge on any atom is -0.371 e. The number of hydrogen-bond acceptors (Lipinski definition) is 4. The molecule has 0 spiro atoms. The van der Waals surface area contributed by atoms with Crippen LogP contribution in [0.3, 0.4) is 0 Å². The summed E-state index contributed by atoms with van der Waals surface area (Å²) in [4.78, 5) is 17.1. The van der Waals surface area contributed by atoms with Gasteiger partial charge in [-0.25, -0.2) is 0 Å².